The topological polar surface area (TPSA) is 51.7 Å². The summed E-state index contributed by atoms with van der Waals surface area (Å²) in [5.74, 6) is 1.54. The standard InChI is InChI=1S/C18H36O.H2O/c1-16(2,3)12-10-13(17(4,5)6)15(19)14(11-12)18(7,8)9;/h12-15,19H,10-11H2,1-9H3;1H2. The predicted octanol–water partition coefficient (Wildman–Crippen LogP) is 4.30. The van der Waals surface area contributed by atoms with Gasteiger partial charge >= 0.3 is 0 Å². The third kappa shape index (κ3) is 4.46. The first-order valence-electron chi connectivity index (χ1n) is 7.92. The normalized spacial score (nSPS) is 32.7. The van der Waals surface area contributed by atoms with Crippen LogP contribution >= 0.6 is 0 Å². The van der Waals surface area contributed by atoms with Gasteiger partial charge in [-0.3, -0.25) is 0 Å². The van der Waals surface area contributed by atoms with Gasteiger partial charge in [0.2, 0.25) is 0 Å². The Morgan fingerprint density at radius 1 is 0.650 bits per heavy atom. The molecule has 0 bridgehead atoms. The summed E-state index contributed by atoms with van der Waals surface area (Å²) in [6, 6.07) is 0. The first-order chi connectivity index (χ1) is 8.24. The first-order valence-corrected chi connectivity index (χ1v) is 7.92. The molecular formula is C18H38O2. The minimum absolute atomic E-state index is 0. The van der Waals surface area contributed by atoms with Gasteiger partial charge in [-0.1, -0.05) is 62.3 Å². The average Bonchev–Trinajstić information content (AvgIpc) is 2.11. The molecule has 2 heteroatoms. The minimum atomic E-state index is -0.154. The van der Waals surface area contributed by atoms with E-state index in [0.717, 1.165) is 0 Å². The number of aliphatic hydroxyl groups excluding tert-OH is 1. The highest BCUT2D eigenvalue weighted by Gasteiger charge is 2.48. The van der Waals surface area contributed by atoms with Gasteiger partial charge < -0.3 is 10.6 Å². The molecule has 2 nitrogen and oxygen atoms in total. The largest absolute Gasteiger partial charge is 0.412 e. The molecule has 122 valence electrons. The molecule has 0 aromatic rings. The van der Waals surface area contributed by atoms with Crippen LogP contribution in [0.1, 0.15) is 75.2 Å². The summed E-state index contributed by atoms with van der Waals surface area (Å²) in [6.45, 7) is 20.8. The molecule has 1 rings (SSSR count). The van der Waals surface area contributed by atoms with Crippen molar-refractivity contribution in [1.29, 1.82) is 0 Å². The molecule has 1 aliphatic rings. The highest BCUT2D eigenvalue weighted by molar-refractivity contribution is 4.97. The maximum absolute atomic E-state index is 10.9. The summed E-state index contributed by atoms with van der Waals surface area (Å²) in [4.78, 5) is 0. The van der Waals surface area contributed by atoms with Gasteiger partial charge in [-0.15, -0.1) is 0 Å². The second-order valence-corrected chi connectivity index (χ2v) is 9.97. The lowest BCUT2D eigenvalue weighted by atomic mass is 9.55. The van der Waals surface area contributed by atoms with Crippen LogP contribution in [0.5, 0.6) is 0 Å². The molecule has 0 heterocycles. The van der Waals surface area contributed by atoms with Crippen molar-refractivity contribution in [3.63, 3.8) is 0 Å². The van der Waals surface area contributed by atoms with Crippen LogP contribution in [0.15, 0.2) is 0 Å². The first kappa shape index (κ1) is 19.9. The Labute approximate surface area is 126 Å². The van der Waals surface area contributed by atoms with Gasteiger partial charge in [-0.25, -0.2) is 0 Å². The van der Waals surface area contributed by atoms with Gasteiger partial charge in [0, 0.05) is 0 Å². The third-order valence-corrected chi connectivity index (χ3v) is 5.35. The van der Waals surface area contributed by atoms with Crippen LogP contribution in [0.4, 0.5) is 0 Å². The van der Waals surface area contributed by atoms with Crippen molar-refractivity contribution < 1.29 is 10.6 Å². The van der Waals surface area contributed by atoms with Crippen molar-refractivity contribution in [3.8, 4) is 0 Å². The van der Waals surface area contributed by atoms with Crippen molar-refractivity contribution in [2.24, 2.45) is 34.0 Å². The molecule has 0 radical (unpaired) electrons. The minimum Gasteiger partial charge on any atom is -0.412 e. The van der Waals surface area contributed by atoms with Crippen LogP contribution in [0.2, 0.25) is 0 Å². The fourth-order valence-electron chi connectivity index (χ4n) is 3.71. The number of rotatable bonds is 0. The van der Waals surface area contributed by atoms with E-state index in [1.807, 2.05) is 0 Å². The molecule has 0 saturated heterocycles. The molecule has 0 amide bonds. The van der Waals surface area contributed by atoms with Crippen molar-refractivity contribution in [1.82, 2.24) is 0 Å². The summed E-state index contributed by atoms with van der Waals surface area (Å²) in [5.41, 5.74) is 0.715. The number of hydrogen-bond acceptors (Lipinski definition) is 1. The second kappa shape index (κ2) is 5.96. The third-order valence-electron chi connectivity index (χ3n) is 5.35. The summed E-state index contributed by atoms with van der Waals surface area (Å²) in [5, 5.41) is 10.9. The zero-order valence-corrected chi connectivity index (χ0v) is 15.2. The summed E-state index contributed by atoms with van der Waals surface area (Å²) in [7, 11) is 0. The van der Waals surface area contributed by atoms with E-state index < -0.39 is 0 Å². The van der Waals surface area contributed by atoms with Crippen molar-refractivity contribution in [2.45, 2.75) is 81.3 Å². The lowest BCUT2D eigenvalue weighted by molar-refractivity contribution is -0.0991. The van der Waals surface area contributed by atoms with Gasteiger partial charge in [0.05, 0.1) is 6.10 Å². The Balaban J connectivity index is 0.00000361. The molecule has 2 atom stereocenters. The van der Waals surface area contributed by atoms with Crippen LogP contribution in [0.25, 0.3) is 0 Å². The molecule has 1 aliphatic carbocycles. The van der Waals surface area contributed by atoms with Gasteiger partial charge in [0.15, 0.2) is 0 Å². The summed E-state index contributed by atoms with van der Waals surface area (Å²) >= 11 is 0. The number of aliphatic hydroxyl groups is 1. The molecular weight excluding hydrogens is 248 g/mol. The van der Waals surface area contributed by atoms with E-state index in [0.29, 0.717) is 23.2 Å². The molecule has 2 unspecified atom stereocenters. The predicted molar refractivity (Wildman–Crippen MR) is 87.7 cm³/mol. The second-order valence-electron chi connectivity index (χ2n) is 9.97. The highest BCUT2D eigenvalue weighted by Crippen LogP contribution is 2.52. The van der Waals surface area contributed by atoms with Gasteiger partial charge in [-0.2, -0.15) is 0 Å². The maximum atomic E-state index is 10.9. The Kier molecular flexibility index (Phi) is 5.94. The van der Waals surface area contributed by atoms with Gasteiger partial charge in [0.25, 0.3) is 0 Å². The van der Waals surface area contributed by atoms with E-state index >= 15 is 0 Å². The SMILES string of the molecule is CC(C)(C)C1CC(C(C)(C)C)C(O)C(C(C)(C)C)C1.O. The van der Waals surface area contributed by atoms with Gasteiger partial charge in [-0.05, 0) is 46.8 Å². The van der Waals surface area contributed by atoms with Crippen LogP contribution in [-0.4, -0.2) is 16.7 Å². The lowest BCUT2D eigenvalue weighted by Crippen LogP contribution is -2.49. The van der Waals surface area contributed by atoms with E-state index in [-0.39, 0.29) is 22.4 Å². The van der Waals surface area contributed by atoms with Crippen molar-refractivity contribution >= 4 is 0 Å². The molecule has 1 fully saturated rings. The monoisotopic (exact) mass is 286 g/mol. The fraction of sp³-hybridized carbons (Fsp3) is 1.00. The molecule has 20 heavy (non-hydrogen) atoms. The van der Waals surface area contributed by atoms with Crippen LogP contribution in [-0.2, 0) is 0 Å². The molecule has 1 saturated carbocycles. The highest BCUT2D eigenvalue weighted by atomic mass is 16.3. The van der Waals surface area contributed by atoms with Crippen LogP contribution < -0.4 is 0 Å². The van der Waals surface area contributed by atoms with E-state index in [1.54, 1.807) is 0 Å². The molecule has 0 aromatic carbocycles. The maximum Gasteiger partial charge on any atom is 0.0606 e. The lowest BCUT2D eigenvalue weighted by Gasteiger charge is -2.52. The van der Waals surface area contributed by atoms with E-state index in [4.69, 9.17) is 0 Å². The summed E-state index contributed by atoms with van der Waals surface area (Å²) < 4.78 is 0. The molecule has 0 aliphatic heterocycles. The zero-order chi connectivity index (χ0) is 15.2. The molecule has 0 aromatic heterocycles. The van der Waals surface area contributed by atoms with Crippen molar-refractivity contribution in [2.75, 3.05) is 0 Å². The van der Waals surface area contributed by atoms with E-state index in [9.17, 15) is 5.11 Å². The average molecular weight is 287 g/mol. The van der Waals surface area contributed by atoms with E-state index in [2.05, 4.69) is 62.3 Å². The fourth-order valence-corrected chi connectivity index (χ4v) is 3.71. The Bertz CT molecular complexity index is 277. The zero-order valence-electron chi connectivity index (χ0n) is 15.2. The summed E-state index contributed by atoms with van der Waals surface area (Å²) in [6.07, 6.45) is 2.18. The molecule has 3 N–H and O–H groups in total. The Hall–Kier alpha value is -0.0800. The Morgan fingerprint density at radius 2 is 0.950 bits per heavy atom. The van der Waals surface area contributed by atoms with Crippen LogP contribution in [0.3, 0.4) is 0 Å². The molecule has 0 spiro atoms. The van der Waals surface area contributed by atoms with E-state index in [1.165, 1.54) is 12.8 Å². The smallest absolute Gasteiger partial charge is 0.0606 e. The Morgan fingerprint density at radius 3 is 1.15 bits per heavy atom. The van der Waals surface area contributed by atoms with Gasteiger partial charge in [0.1, 0.15) is 0 Å². The van der Waals surface area contributed by atoms with Crippen molar-refractivity contribution in [3.05, 3.63) is 0 Å². The quantitative estimate of drug-likeness (QED) is 0.709. The van der Waals surface area contributed by atoms with Crippen LogP contribution in [0, 0.1) is 34.0 Å². The number of hydrogen-bond donors (Lipinski definition) is 1.